The van der Waals surface area contributed by atoms with Crippen LogP contribution in [0.25, 0.3) is 0 Å². The van der Waals surface area contributed by atoms with Gasteiger partial charge in [0.05, 0.1) is 12.3 Å². The minimum atomic E-state index is -0.450. The van der Waals surface area contributed by atoms with Crippen molar-refractivity contribution in [1.82, 2.24) is 5.43 Å². The molecule has 2 rings (SSSR count). The number of hydrogen-bond donors (Lipinski definition) is 1. The van der Waals surface area contributed by atoms with Crippen LogP contribution in [-0.2, 0) is 11.4 Å². The summed E-state index contributed by atoms with van der Waals surface area (Å²) in [5.41, 5.74) is 3.88. The van der Waals surface area contributed by atoms with Crippen LogP contribution in [0.4, 0.5) is 0 Å². The lowest BCUT2D eigenvalue weighted by Crippen LogP contribution is -2.16. The van der Waals surface area contributed by atoms with E-state index in [4.69, 9.17) is 33.2 Å². The molecular formula is C17H13Cl2N3O2. The van der Waals surface area contributed by atoms with Gasteiger partial charge in [-0.1, -0.05) is 29.3 Å². The summed E-state index contributed by atoms with van der Waals surface area (Å²) >= 11 is 11.9. The highest BCUT2D eigenvalue weighted by Crippen LogP contribution is 2.22. The van der Waals surface area contributed by atoms with Crippen molar-refractivity contribution in [1.29, 1.82) is 5.26 Å². The van der Waals surface area contributed by atoms with E-state index in [1.54, 1.807) is 42.5 Å². The van der Waals surface area contributed by atoms with Crippen molar-refractivity contribution in [2.45, 2.75) is 13.0 Å². The van der Waals surface area contributed by atoms with E-state index in [0.29, 0.717) is 22.4 Å². The SMILES string of the molecule is N#CCC(=O)N/N=C/c1ccc(OCc2ccc(Cl)cc2Cl)cc1. The number of nitrogens with one attached hydrogen (secondary N) is 1. The molecule has 5 nitrogen and oxygen atoms in total. The average molecular weight is 362 g/mol. The van der Waals surface area contributed by atoms with Crippen molar-refractivity contribution in [3.05, 3.63) is 63.6 Å². The van der Waals surface area contributed by atoms with Crippen LogP contribution in [0.5, 0.6) is 5.75 Å². The van der Waals surface area contributed by atoms with Gasteiger partial charge >= 0.3 is 0 Å². The van der Waals surface area contributed by atoms with Crippen molar-refractivity contribution < 1.29 is 9.53 Å². The van der Waals surface area contributed by atoms with E-state index >= 15 is 0 Å². The highest BCUT2D eigenvalue weighted by atomic mass is 35.5. The first-order chi connectivity index (χ1) is 11.6. The van der Waals surface area contributed by atoms with E-state index in [1.165, 1.54) is 6.21 Å². The van der Waals surface area contributed by atoms with Crippen LogP contribution >= 0.6 is 23.2 Å². The Labute approximate surface area is 149 Å². The normalized spacial score (nSPS) is 10.4. The minimum Gasteiger partial charge on any atom is -0.489 e. The van der Waals surface area contributed by atoms with Crippen molar-refractivity contribution in [3.8, 4) is 11.8 Å². The van der Waals surface area contributed by atoms with E-state index in [2.05, 4.69) is 10.5 Å². The molecule has 0 aliphatic heterocycles. The number of nitriles is 1. The standard InChI is InChI=1S/C17H13Cl2N3O2/c18-14-4-3-13(16(19)9-14)11-24-15-5-1-12(2-6-15)10-21-22-17(23)7-8-20/h1-6,9-10H,7,11H2,(H,22,23)/b21-10+. The number of halogens is 2. The summed E-state index contributed by atoms with van der Waals surface area (Å²) in [6.07, 6.45) is 1.26. The molecule has 0 saturated heterocycles. The number of carbonyl (C=O) groups excluding carboxylic acids is 1. The van der Waals surface area contributed by atoms with Crippen LogP contribution in [0.15, 0.2) is 47.6 Å². The van der Waals surface area contributed by atoms with Crippen molar-refractivity contribution in [3.63, 3.8) is 0 Å². The van der Waals surface area contributed by atoms with E-state index in [9.17, 15) is 4.79 Å². The molecule has 0 saturated carbocycles. The molecule has 0 unspecified atom stereocenters. The second kappa shape index (κ2) is 8.92. The topological polar surface area (TPSA) is 74.5 Å². The Kier molecular flexibility index (Phi) is 6.62. The zero-order valence-corrected chi connectivity index (χ0v) is 14.0. The van der Waals surface area contributed by atoms with Crippen LogP contribution < -0.4 is 10.2 Å². The van der Waals surface area contributed by atoms with Crippen LogP contribution in [-0.4, -0.2) is 12.1 Å². The molecule has 1 amide bonds. The van der Waals surface area contributed by atoms with Gasteiger partial charge in [-0.15, -0.1) is 0 Å². The highest BCUT2D eigenvalue weighted by molar-refractivity contribution is 6.35. The monoisotopic (exact) mass is 361 g/mol. The number of benzene rings is 2. The summed E-state index contributed by atoms with van der Waals surface area (Å²) in [5.74, 6) is 0.222. The molecule has 0 aliphatic carbocycles. The number of rotatable bonds is 6. The first kappa shape index (κ1) is 17.8. The number of nitrogens with zero attached hydrogens (tertiary/aromatic N) is 2. The van der Waals surface area contributed by atoms with Gasteiger partial charge in [0, 0.05) is 15.6 Å². The summed E-state index contributed by atoms with van der Waals surface area (Å²) in [6, 6.07) is 14.1. The summed E-state index contributed by atoms with van der Waals surface area (Å²) in [5, 5.41) is 13.2. The zero-order valence-electron chi connectivity index (χ0n) is 12.5. The predicted molar refractivity (Wildman–Crippen MR) is 93.2 cm³/mol. The van der Waals surface area contributed by atoms with Crippen LogP contribution in [0.3, 0.4) is 0 Å². The number of hydrazone groups is 1. The summed E-state index contributed by atoms with van der Waals surface area (Å²) in [7, 11) is 0. The largest absolute Gasteiger partial charge is 0.489 e. The Morgan fingerprint density at radius 1 is 1.25 bits per heavy atom. The average Bonchev–Trinajstić information content (AvgIpc) is 2.55. The molecule has 2 aromatic rings. The lowest BCUT2D eigenvalue weighted by Gasteiger charge is -2.08. The van der Waals surface area contributed by atoms with Gasteiger partial charge in [-0.25, -0.2) is 5.43 Å². The molecule has 7 heteroatoms. The Balaban J connectivity index is 1.89. The fourth-order valence-electron chi connectivity index (χ4n) is 1.74. The zero-order chi connectivity index (χ0) is 17.4. The van der Waals surface area contributed by atoms with Gasteiger partial charge in [0.15, 0.2) is 0 Å². The Hall–Kier alpha value is -2.55. The fraction of sp³-hybridized carbons (Fsp3) is 0.118. The third-order valence-corrected chi connectivity index (χ3v) is 3.52. The van der Waals surface area contributed by atoms with Gasteiger partial charge in [0.25, 0.3) is 5.91 Å². The summed E-state index contributed by atoms with van der Waals surface area (Å²) in [4.78, 5) is 11.1. The molecule has 0 heterocycles. The van der Waals surface area contributed by atoms with Gasteiger partial charge < -0.3 is 4.74 Å². The molecule has 0 atom stereocenters. The van der Waals surface area contributed by atoms with Gasteiger partial charge in [0.2, 0.25) is 0 Å². The van der Waals surface area contributed by atoms with Crippen molar-refractivity contribution in [2.75, 3.05) is 0 Å². The van der Waals surface area contributed by atoms with Gasteiger partial charge in [-0.05, 0) is 42.0 Å². The van der Waals surface area contributed by atoms with E-state index < -0.39 is 5.91 Å². The maximum Gasteiger partial charge on any atom is 0.254 e. The molecule has 0 aliphatic rings. The first-order valence-corrected chi connectivity index (χ1v) is 7.69. The van der Waals surface area contributed by atoms with Crippen LogP contribution in [0, 0.1) is 11.3 Å². The lowest BCUT2D eigenvalue weighted by molar-refractivity contribution is -0.120. The van der Waals surface area contributed by atoms with Crippen LogP contribution in [0.1, 0.15) is 17.5 Å². The maximum atomic E-state index is 11.1. The second-order valence-corrected chi connectivity index (χ2v) is 5.57. The number of ether oxygens (including phenoxy) is 1. The predicted octanol–water partition coefficient (Wildman–Crippen LogP) is 3.94. The van der Waals surface area contributed by atoms with Gasteiger partial charge in [-0.2, -0.15) is 10.4 Å². The van der Waals surface area contributed by atoms with Crippen molar-refractivity contribution in [2.24, 2.45) is 5.10 Å². The quantitative estimate of drug-likeness (QED) is 0.625. The van der Waals surface area contributed by atoms with Crippen LogP contribution in [0.2, 0.25) is 10.0 Å². The summed E-state index contributed by atoms with van der Waals surface area (Å²) in [6.45, 7) is 0.327. The Morgan fingerprint density at radius 3 is 2.67 bits per heavy atom. The van der Waals surface area contributed by atoms with Crippen molar-refractivity contribution >= 4 is 35.3 Å². The number of hydrogen-bond acceptors (Lipinski definition) is 4. The maximum absolute atomic E-state index is 11.1. The lowest BCUT2D eigenvalue weighted by atomic mass is 10.2. The number of amides is 1. The molecular weight excluding hydrogens is 349 g/mol. The molecule has 0 spiro atoms. The molecule has 1 N–H and O–H groups in total. The smallest absolute Gasteiger partial charge is 0.254 e. The molecule has 2 aromatic carbocycles. The van der Waals surface area contributed by atoms with E-state index in [0.717, 1.165) is 11.1 Å². The highest BCUT2D eigenvalue weighted by Gasteiger charge is 2.02. The minimum absolute atomic E-state index is 0.225. The number of carbonyl (C=O) groups is 1. The second-order valence-electron chi connectivity index (χ2n) is 4.72. The molecule has 0 radical (unpaired) electrons. The molecule has 122 valence electrons. The fourth-order valence-corrected chi connectivity index (χ4v) is 2.20. The Morgan fingerprint density at radius 2 is 2.00 bits per heavy atom. The summed E-state index contributed by atoms with van der Waals surface area (Å²) < 4.78 is 5.66. The third-order valence-electron chi connectivity index (χ3n) is 2.93. The molecule has 0 fully saturated rings. The third kappa shape index (κ3) is 5.58. The molecule has 0 bridgehead atoms. The van der Waals surface area contributed by atoms with Gasteiger partial charge in [-0.3, -0.25) is 4.79 Å². The van der Waals surface area contributed by atoms with Gasteiger partial charge in [0.1, 0.15) is 18.8 Å². The van der Waals surface area contributed by atoms with E-state index in [-0.39, 0.29) is 6.42 Å². The Bertz CT molecular complexity index is 783. The molecule has 0 aromatic heterocycles. The first-order valence-electron chi connectivity index (χ1n) is 6.94. The molecule has 24 heavy (non-hydrogen) atoms. The van der Waals surface area contributed by atoms with E-state index in [1.807, 2.05) is 6.07 Å².